The molecule has 1 saturated heterocycles. The largest absolute Gasteiger partial charge is 0.573 e. The normalized spacial score (nSPS) is 20.8. The maximum absolute atomic E-state index is 14.3. The average Bonchev–Trinajstić information content (AvgIpc) is 3.26. The van der Waals surface area contributed by atoms with Gasteiger partial charge in [0, 0.05) is 5.54 Å². The number of benzene rings is 2. The molecule has 2 aromatic carbocycles. The number of piperazine rings is 1. The number of hydrogen-bond donors (Lipinski definition) is 2. The number of ether oxygens (including phenoxy) is 1. The summed E-state index contributed by atoms with van der Waals surface area (Å²) in [6, 6.07) is 9.75. The summed E-state index contributed by atoms with van der Waals surface area (Å²) in [6.45, 7) is 9.21. The number of nitrogens with zero attached hydrogens (tertiary/aromatic N) is 1. The standard InChI is InChI=1S/C30H36F3N3O4/c1-17(2)14-23-26(37)34-24(21-15-19-8-6-7-9-20(19)16-21)28(39)36(23)25(27(38)35-29(3,4)5)18-10-12-22(13-11-18)40-30(31,32)33/h6-13,17,21,23-25H,14-16H2,1-5H3,(H,34,37)(H,35,38)/t23-,24-,25+/m1/s1. The minimum Gasteiger partial charge on any atom is -0.406 e. The van der Waals surface area contributed by atoms with E-state index in [1.807, 2.05) is 38.1 Å². The second-order valence-corrected chi connectivity index (χ2v) is 12.1. The van der Waals surface area contributed by atoms with Gasteiger partial charge in [-0.05, 0) is 80.7 Å². The summed E-state index contributed by atoms with van der Waals surface area (Å²) in [4.78, 5) is 43.1. The number of hydrogen-bond acceptors (Lipinski definition) is 4. The van der Waals surface area contributed by atoms with Gasteiger partial charge in [0.1, 0.15) is 23.9 Å². The van der Waals surface area contributed by atoms with Crippen molar-refractivity contribution in [2.24, 2.45) is 11.8 Å². The third kappa shape index (κ3) is 6.77. The molecule has 2 aliphatic rings. The highest BCUT2D eigenvalue weighted by molar-refractivity contribution is 6.00. The fraction of sp³-hybridized carbons (Fsp3) is 0.500. The lowest BCUT2D eigenvalue weighted by atomic mass is 9.87. The molecular formula is C30H36F3N3O4. The van der Waals surface area contributed by atoms with Crippen LogP contribution in [0.1, 0.15) is 63.8 Å². The molecule has 3 amide bonds. The van der Waals surface area contributed by atoms with Gasteiger partial charge in [-0.3, -0.25) is 14.4 Å². The van der Waals surface area contributed by atoms with Crippen molar-refractivity contribution < 1.29 is 32.3 Å². The molecule has 7 nitrogen and oxygen atoms in total. The van der Waals surface area contributed by atoms with Crippen LogP contribution in [0.5, 0.6) is 5.75 Å². The van der Waals surface area contributed by atoms with Gasteiger partial charge in [-0.2, -0.15) is 0 Å². The number of nitrogens with one attached hydrogen (secondary N) is 2. The van der Waals surface area contributed by atoms with Crippen molar-refractivity contribution in [3.63, 3.8) is 0 Å². The maximum atomic E-state index is 14.3. The van der Waals surface area contributed by atoms with E-state index < -0.39 is 41.7 Å². The van der Waals surface area contributed by atoms with Gasteiger partial charge in [-0.15, -0.1) is 13.2 Å². The van der Waals surface area contributed by atoms with Crippen LogP contribution in [0.3, 0.4) is 0 Å². The smallest absolute Gasteiger partial charge is 0.406 e. The lowest BCUT2D eigenvalue weighted by molar-refractivity contribution is -0.274. The first-order chi connectivity index (χ1) is 18.6. The van der Waals surface area contributed by atoms with E-state index in [4.69, 9.17) is 0 Å². The summed E-state index contributed by atoms with van der Waals surface area (Å²) in [5, 5.41) is 5.85. The molecule has 3 atom stereocenters. The second-order valence-electron chi connectivity index (χ2n) is 12.1. The zero-order valence-electron chi connectivity index (χ0n) is 23.3. The van der Waals surface area contributed by atoms with Gasteiger partial charge in [0.15, 0.2) is 0 Å². The Balaban J connectivity index is 1.75. The van der Waals surface area contributed by atoms with Crippen molar-refractivity contribution >= 4 is 17.7 Å². The molecule has 1 heterocycles. The number of rotatable bonds is 7. The van der Waals surface area contributed by atoms with E-state index in [0.717, 1.165) is 23.3 Å². The summed E-state index contributed by atoms with van der Waals surface area (Å²) >= 11 is 0. The van der Waals surface area contributed by atoms with E-state index in [1.54, 1.807) is 20.8 Å². The fourth-order valence-electron chi connectivity index (χ4n) is 5.60. The predicted molar refractivity (Wildman–Crippen MR) is 143 cm³/mol. The third-order valence-corrected chi connectivity index (χ3v) is 7.16. The molecule has 0 spiro atoms. The van der Waals surface area contributed by atoms with Crippen molar-refractivity contribution in [1.29, 1.82) is 0 Å². The van der Waals surface area contributed by atoms with Crippen LogP contribution in [0.25, 0.3) is 0 Å². The maximum Gasteiger partial charge on any atom is 0.573 e. The monoisotopic (exact) mass is 559 g/mol. The van der Waals surface area contributed by atoms with Crippen LogP contribution in [0.15, 0.2) is 48.5 Å². The molecule has 4 rings (SSSR count). The second kappa shape index (κ2) is 11.1. The minimum atomic E-state index is -4.88. The molecule has 10 heteroatoms. The highest BCUT2D eigenvalue weighted by Crippen LogP contribution is 2.36. The van der Waals surface area contributed by atoms with Gasteiger partial charge in [-0.1, -0.05) is 50.2 Å². The van der Waals surface area contributed by atoms with Crippen LogP contribution in [0, 0.1) is 11.8 Å². The number of halogens is 3. The van der Waals surface area contributed by atoms with E-state index in [9.17, 15) is 27.6 Å². The van der Waals surface area contributed by atoms with Crippen LogP contribution in [0.4, 0.5) is 13.2 Å². The Hall–Kier alpha value is -3.56. The van der Waals surface area contributed by atoms with E-state index in [2.05, 4.69) is 15.4 Å². The highest BCUT2D eigenvalue weighted by atomic mass is 19.4. The Morgan fingerprint density at radius 3 is 2.10 bits per heavy atom. The summed E-state index contributed by atoms with van der Waals surface area (Å²) in [7, 11) is 0. The Kier molecular flexibility index (Phi) is 8.19. The van der Waals surface area contributed by atoms with Crippen LogP contribution in [-0.4, -0.2) is 46.6 Å². The minimum absolute atomic E-state index is 0.0206. The summed E-state index contributed by atoms with van der Waals surface area (Å²) < 4.78 is 42.3. The van der Waals surface area contributed by atoms with E-state index in [-0.39, 0.29) is 29.2 Å². The number of alkyl halides is 3. The van der Waals surface area contributed by atoms with Crippen molar-refractivity contribution in [3.8, 4) is 5.75 Å². The van der Waals surface area contributed by atoms with Gasteiger partial charge in [0.25, 0.3) is 0 Å². The summed E-state index contributed by atoms with van der Waals surface area (Å²) in [5.41, 5.74) is 1.84. The molecule has 1 fully saturated rings. The highest BCUT2D eigenvalue weighted by Gasteiger charge is 2.49. The van der Waals surface area contributed by atoms with Gasteiger partial charge in [0.05, 0.1) is 0 Å². The Morgan fingerprint density at radius 2 is 1.60 bits per heavy atom. The van der Waals surface area contributed by atoms with Crippen LogP contribution < -0.4 is 15.4 Å². The molecule has 0 saturated carbocycles. The van der Waals surface area contributed by atoms with Crippen LogP contribution >= 0.6 is 0 Å². The molecule has 0 radical (unpaired) electrons. The molecule has 0 unspecified atom stereocenters. The first-order valence-corrected chi connectivity index (χ1v) is 13.5. The number of carbonyl (C=O) groups excluding carboxylic acids is 3. The SMILES string of the molecule is CC(C)C[C@@H]1C(=O)N[C@H](C2Cc3ccccc3C2)C(=O)N1[C@H](C(=O)NC(C)(C)C)c1ccc(OC(F)(F)F)cc1. The number of carbonyl (C=O) groups is 3. The molecule has 1 aliphatic heterocycles. The number of amides is 3. The zero-order chi connectivity index (χ0) is 29.4. The Morgan fingerprint density at radius 1 is 1.02 bits per heavy atom. The van der Waals surface area contributed by atoms with E-state index in [1.165, 1.54) is 17.0 Å². The topological polar surface area (TPSA) is 87.7 Å². The quantitative estimate of drug-likeness (QED) is 0.515. The molecule has 40 heavy (non-hydrogen) atoms. The number of fused-ring (bicyclic) bond motifs is 1. The molecule has 1 aliphatic carbocycles. The van der Waals surface area contributed by atoms with Crippen LogP contribution in [-0.2, 0) is 27.2 Å². The zero-order valence-corrected chi connectivity index (χ0v) is 23.3. The Bertz CT molecular complexity index is 1230. The summed E-state index contributed by atoms with van der Waals surface area (Å²) in [5.74, 6) is -1.87. The van der Waals surface area contributed by atoms with Crippen molar-refractivity contribution in [2.75, 3.05) is 0 Å². The van der Waals surface area contributed by atoms with Crippen molar-refractivity contribution in [3.05, 3.63) is 65.2 Å². The lowest BCUT2D eigenvalue weighted by Gasteiger charge is -2.45. The predicted octanol–water partition coefficient (Wildman–Crippen LogP) is 4.70. The molecule has 2 aromatic rings. The first-order valence-electron chi connectivity index (χ1n) is 13.5. The van der Waals surface area contributed by atoms with Gasteiger partial charge < -0.3 is 20.3 Å². The Labute approximate surface area is 232 Å². The fourth-order valence-corrected chi connectivity index (χ4v) is 5.60. The molecule has 0 aromatic heterocycles. The molecular weight excluding hydrogens is 523 g/mol. The lowest BCUT2D eigenvalue weighted by Crippen LogP contribution is -2.67. The van der Waals surface area contributed by atoms with E-state index >= 15 is 0 Å². The van der Waals surface area contributed by atoms with Gasteiger partial charge in [-0.25, -0.2) is 0 Å². The average molecular weight is 560 g/mol. The van der Waals surface area contributed by atoms with Crippen LogP contribution in [0.2, 0.25) is 0 Å². The third-order valence-electron chi connectivity index (χ3n) is 7.16. The first kappa shape index (κ1) is 29.4. The van der Waals surface area contributed by atoms with Gasteiger partial charge in [0.2, 0.25) is 17.7 Å². The molecule has 0 bridgehead atoms. The van der Waals surface area contributed by atoms with E-state index in [0.29, 0.717) is 19.3 Å². The van der Waals surface area contributed by atoms with Gasteiger partial charge >= 0.3 is 6.36 Å². The molecule has 216 valence electrons. The summed E-state index contributed by atoms with van der Waals surface area (Å²) in [6.07, 6.45) is -3.35. The van der Waals surface area contributed by atoms with Crippen molar-refractivity contribution in [1.82, 2.24) is 15.5 Å². The molecule has 2 N–H and O–H groups in total. The van der Waals surface area contributed by atoms with Crippen molar-refractivity contribution in [2.45, 2.75) is 83.9 Å².